The molecule has 1 aliphatic carbocycles. The van der Waals surface area contributed by atoms with Crippen LogP contribution in [0.3, 0.4) is 0 Å². The Morgan fingerprint density at radius 1 is 1.11 bits per heavy atom. The summed E-state index contributed by atoms with van der Waals surface area (Å²) in [4.78, 5) is 2.58. The van der Waals surface area contributed by atoms with Crippen molar-refractivity contribution >= 4 is 5.69 Å². The van der Waals surface area contributed by atoms with Gasteiger partial charge in [-0.2, -0.15) is 0 Å². The van der Waals surface area contributed by atoms with Gasteiger partial charge in [-0.3, -0.25) is 4.90 Å². The summed E-state index contributed by atoms with van der Waals surface area (Å²) < 4.78 is 0. The lowest BCUT2D eigenvalue weighted by molar-refractivity contribution is 0.271. The van der Waals surface area contributed by atoms with Gasteiger partial charge in [0.15, 0.2) is 0 Å². The van der Waals surface area contributed by atoms with E-state index in [0.717, 1.165) is 18.7 Å². The third-order valence-corrected chi connectivity index (χ3v) is 4.13. The lowest BCUT2D eigenvalue weighted by atomic mass is 9.96. The van der Waals surface area contributed by atoms with Crippen LogP contribution in [0.5, 0.6) is 0 Å². The van der Waals surface area contributed by atoms with E-state index in [4.69, 9.17) is 5.73 Å². The number of nitrogen functional groups attached to an aromatic ring is 1. The number of hydrogen-bond acceptors (Lipinski definition) is 2. The summed E-state index contributed by atoms with van der Waals surface area (Å²) in [5, 5.41) is 0. The van der Waals surface area contributed by atoms with Crippen LogP contribution in [0.4, 0.5) is 5.69 Å². The number of hydrogen-bond donors (Lipinski definition) is 1. The van der Waals surface area contributed by atoms with Gasteiger partial charge < -0.3 is 5.73 Å². The van der Waals surface area contributed by atoms with E-state index in [1.54, 1.807) is 5.57 Å². The zero-order valence-corrected chi connectivity index (χ0v) is 11.0. The molecule has 1 aliphatic heterocycles. The maximum Gasteiger partial charge on any atom is 0.0316 e. The molecule has 1 aromatic rings. The zero-order valence-electron chi connectivity index (χ0n) is 11.0. The normalized spacial score (nSPS) is 20.3. The van der Waals surface area contributed by atoms with Gasteiger partial charge in [-0.05, 0) is 55.4 Å². The van der Waals surface area contributed by atoms with Gasteiger partial charge in [-0.25, -0.2) is 0 Å². The van der Waals surface area contributed by atoms with E-state index in [2.05, 4.69) is 23.1 Å². The van der Waals surface area contributed by atoms with Crippen molar-refractivity contribution in [1.82, 2.24) is 4.90 Å². The first-order chi connectivity index (χ1) is 8.81. The summed E-state index contributed by atoms with van der Waals surface area (Å²) >= 11 is 0. The highest BCUT2D eigenvalue weighted by Gasteiger charge is 2.17. The summed E-state index contributed by atoms with van der Waals surface area (Å²) in [6.07, 6.45) is 8.97. The van der Waals surface area contributed by atoms with Gasteiger partial charge >= 0.3 is 0 Å². The van der Waals surface area contributed by atoms with Crippen molar-refractivity contribution in [3.8, 4) is 0 Å². The first-order valence-electron chi connectivity index (χ1n) is 7.09. The minimum Gasteiger partial charge on any atom is -0.399 e. The summed E-state index contributed by atoms with van der Waals surface area (Å²) in [5.41, 5.74) is 11.3. The van der Waals surface area contributed by atoms with Crippen LogP contribution < -0.4 is 5.73 Å². The van der Waals surface area contributed by atoms with Crippen LogP contribution in [0.15, 0.2) is 29.8 Å². The molecule has 2 aliphatic rings. The second-order valence-corrected chi connectivity index (χ2v) is 5.60. The third-order valence-electron chi connectivity index (χ3n) is 4.13. The van der Waals surface area contributed by atoms with Gasteiger partial charge in [0.2, 0.25) is 0 Å². The highest BCUT2D eigenvalue weighted by molar-refractivity contribution is 5.45. The minimum atomic E-state index is 0.900. The Labute approximate surface area is 109 Å². The lowest BCUT2D eigenvalue weighted by Crippen LogP contribution is -2.32. The average molecular weight is 242 g/mol. The molecule has 3 rings (SSSR count). The van der Waals surface area contributed by atoms with Crippen LogP contribution in [-0.4, -0.2) is 18.0 Å². The molecule has 2 heteroatoms. The fourth-order valence-electron chi connectivity index (χ4n) is 3.10. The maximum absolute atomic E-state index is 5.84. The van der Waals surface area contributed by atoms with E-state index in [0.29, 0.717) is 0 Å². The zero-order chi connectivity index (χ0) is 12.4. The van der Waals surface area contributed by atoms with Crippen molar-refractivity contribution in [1.29, 1.82) is 0 Å². The van der Waals surface area contributed by atoms with E-state index in [1.165, 1.54) is 49.9 Å². The fraction of sp³-hybridized carbons (Fsp3) is 0.500. The fourth-order valence-corrected chi connectivity index (χ4v) is 3.10. The smallest absolute Gasteiger partial charge is 0.0316 e. The maximum atomic E-state index is 5.84. The minimum absolute atomic E-state index is 0.900. The van der Waals surface area contributed by atoms with Gasteiger partial charge in [0, 0.05) is 25.3 Å². The Kier molecular flexibility index (Phi) is 3.37. The predicted molar refractivity (Wildman–Crippen MR) is 76.4 cm³/mol. The number of nitrogens with zero attached hydrogens (tertiary/aromatic N) is 1. The van der Waals surface area contributed by atoms with Crippen molar-refractivity contribution < 1.29 is 0 Å². The van der Waals surface area contributed by atoms with Crippen LogP contribution in [0, 0.1) is 0 Å². The first kappa shape index (κ1) is 11.8. The number of nitrogens with two attached hydrogens (primary N) is 1. The van der Waals surface area contributed by atoms with Gasteiger partial charge in [0.25, 0.3) is 0 Å². The summed E-state index contributed by atoms with van der Waals surface area (Å²) in [5.74, 6) is 0. The van der Waals surface area contributed by atoms with Crippen molar-refractivity contribution in [3.63, 3.8) is 0 Å². The van der Waals surface area contributed by atoms with E-state index in [9.17, 15) is 0 Å². The Bertz CT molecular complexity index is 462. The van der Waals surface area contributed by atoms with E-state index in [1.807, 2.05) is 6.07 Å². The molecule has 0 aromatic heterocycles. The van der Waals surface area contributed by atoms with Crippen molar-refractivity contribution in [2.45, 2.75) is 38.6 Å². The third kappa shape index (κ3) is 2.59. The van der Waals surface area contributed by atoms with Crippen LogP contribution in [0.25, 0.3) is 0 Å². The quantitative estimate of drug-likeness (QED) is 0.637. The van der Waals surface area contributed by atoms with E-state index < -0.39 is 0 Å². The second-order valence-electron chi connectivity index (χ2n) is 5.60. The SMILES string of the molecule is Nc1ccc2c(c1)CCN(CC1=CCCCC1)C2. The van der Waals surface area contributed by atoms with Gasteiger partial charge in [-0.1, -0.05) is 17.7 Å². The molecule has 0 spiro atoms. The number of benzene rings is 1. The Morgan fingerprint density at radius 2 is 2.06 bits per heavy atom. The van der Waals surface area contributed by atoms with E-state index in [-0.39, 0.29) is 0 Å². The highest BCUT2D eigenvalue weighted by Crippen LogP contribution is 2.24. The van der Waals surface area contributed by atoms with Crippen LogP contribution in [0.2, 0.25) is 0 Å². The van der Waals surface area contributed by atoms with Crippen molar-refractivity contribution in [2.24, 2.45) is 0 Å². The molecule has 0 saturated heterocycles. The molecule has 2 nitrogen and oxygen atoms in total. The largest absolute Gasteiger partial charge is 0.399 e. The first-order valence-corrected chi connectivity index (χ1v) is 7.09. The Balaban J connectivity index is 1.67. The number of rotatable bonds is 2. The molecule has 0 unspecified atom stereocenters. The molecule has 96 valence electrons. The molecule has 0 saturated carbocycles. The molecule has 2 N–H and O–H groups in total. The van der Waals surface area contributed by atoms with Crippen LogP contribution >= 0.6 is 0 Å². The summed E-state index contributed by atoms with van der Waals surface area (Å²) in [7, 11) is 0. The number of allylic oxidation sites excluding steroid dienone is 1. The highest BCUT2D eigenvalue weighted by atomic mass is 15.1. The summed E-state index contributed by atoms with van der Waals surface area (Å²) in [6, 6.07) is 6.38. The molecule has 0 amide bonds. The molecule has 0 bridgehead atoms. The summed E-state index contributed by atoms with van der Waals surface area (Å²) in [6.45, 7) is 3.44. The molecule has 0 fully saturated rings. The molecular weight excluding hydrogens is 220 g/mol. The second kappa shape index (κ2) is 5.15. The Morgan fingerprint density at radius 3 is 2.89 bits per heavy atom. The van der Waals surface area contributed by atoms with Gasteiger partial charge in [0.1, 0.15) is 0 Å². The molecule has 0 atom stereocenters. The van der Waals surface area contributed by atoms with Crippen molar-refractivity contribution in [3.05, 3.63) is 41.0 Å². The van der Waals surface area contributed by atoms with Crippen molar-refractivity contribution in [2.75, 3.05) is 18.8 Å². The molecule has 1 heterocycles. The Hall–Kier alpha value is -1.28. The molecular formula is C16H22N2. The molecule has 1 aromatic carbocycles. The monoisotopic (exact) mass is 242 g/mol. The molecule has 18 heavy (non-hydrogen) atoms. The topological polar surface area (TPSA) is 29.3 Å². The number of anilines is 1. The number of fused-ring (bicyclic) bond motifs is 1. The van der Waals surface area contributed by atoms with Gasteiger partial charge in [0.05, 0.1) is 0 Å². The van der Waals surface area contributed by atoms with Crippen LogP contribution in [-0.2, 0) is 13.0 Å². The average Bonchev–Trinajstić information content (AvgIpc) is 2.40. The van der Waals surface area contributed by atoms with Gasteiger partial charge in [-0.15, -0.1) is 0 Å². The lowest BCUT2D eigenvalue weighted by Gasteiger charge is -2.30. The van der Waals surface area contributed by atoms with Crippen LogP contribution in [0.1, 0.15) is 36.8 Å². The van der Waals surface area contributed by atoms with E-state index >= 15 is 0 Å². The standard InChI is InChI=1S/C16H22N2/c17-16-7-6-15-12-18(9-8-14(15)10-16)11-13-4-2-1-3-5-13/h4,6-7,10H,1-3,5,8-9,11-12,17H2. The molecule has 0 radical (unpaired) electrons. The predicted octanol–water partition coefficient (Wildman–Crippen LogP) is 3.13.